The van der Waals surface area contributed by atoms with E-state index in [0.717, 1.165) is 10.4 Å². The molecule has 0 aliphatic rings. The third-order valence-electron chi connectivity index (χ3n) is 0.523. The van der Waals surface area contributed by atoms with Crippen LogP contribution in [0.4, 0.5) is 0 Å². The summed E-state index contributed by atoms with van der Waals surface area (Å²) in [7, 11) is 0. The van der Waals surface area contributed by atoms with Crippen molar-refractivity contribution in [1.82, 2.24) is 0 Å². The number of hydrogen-bond donors (Lipinski definition) is 0. The van der Waals surface area contributed by atoms with Crippen LogP contribution in [0.25, 0.3) is 0 Å². The Balaban J connectivity index is 3.49. The van der Waals surface area contributed by atoms with Crippen LogP contribution in [0.1, 0.15) is 13.8 Å². The van der Waals surface area contributed by atoms with E-state index in [1.165, 1.54) is 0 Å². The first kappa shape index (κ1) is 8.10. The predicted molar refractivity (Wildman–Crippen MR) is 30.3 cm³/mol. The Labute approximate surface area is 58.7 Å². The van der Waals surface area contributed by atoms with Crippen molar-refractivity contribution in [3.8, 4) is 0 Å². The third-order valence-corrected chi connectivity index (χ3v) is 3.03. The maximum atomic E-state index is 10.7. The van der Waals surface area contributed by atoms with Crippen molar-refractivity contribution in [2.24, 2.45) is 0 Å². The predicted octanol–water partition coefficient (Wildman–Crippen LogP) is 1.61. The summed E-state index contributed by atoms with van der Waals surface area (Å²) < 4.78 is 0.299. The van der Waals surface area contributed by atoms with Crippen molar-refractivity contribution < 1.29 is 23.4 Å². The zero-order valence-corrected chi connectivity index (χ0v) is 7.41. The summed E-state index contributed by atoms with van der Waals surface area (Å²) in [5.41, 5.74) is 0.722. The van der Waals surface area contributed by atoms with Crippen LogP contribution >= 0.6 is 0 Å². The van der Waals surface area contributed by atoms with E-state index in [-0.39, 0.29) is 18.6 Å². The van der Waals surface area contributed by atoms with Gasteiger partial charge in [-0.3, -0.25) is 0 Å². The minimum atomic E-state index is -0.222. The third kappa shape index (κ3) is 3.15. The van der Waals surface area contributed by atoms with Gasteiger partial charge in [0.1, 0.15) is 0 Å². The summed E-state index contributed by atoms with van der Waals surface area (Å²) in [4.78, 5) is 11.7. The van der Waals surface area contributed by atoms with E-state index >= 15 is 0 Å². The van der Waals surface area contributed by atoms with Crippen molar-refractivity contribution in [3.63, 3.8) is 0 Å². The molecule has 0 aromatic rings. The fraction of sp³-hybridized carbons (Fsp3) is 0.500. The Bertz CT molecular complexity index is 107. The first-order valence-electron chi connectivity index (χ1n) is 2.40. The average Bonchev–Trinajstić information content (AvgIpc) is 1.67. The molecule has 0 fully saturated rings. The molecule has 0 radical (unpaired) electrons. The van der Waals surface area contributed by atoms with E-state index in [0.29, 0.717) is 4.17 Å². The van der Waals surface area contributed by atoms with Crippen LogP contribution in [-0.2, 0) is 23.4 Å². The Morgan fingerprint density at radius 2 is 2.25 bits per heavy atom. The van der Waals surface area contributed by atoms with Crippen molar-refractivity contribution in [3.05, 3.63) is 12.2 Å². The van der Waals surface area contributed by atoms with Gasteiger partial charge in [0.15, 0.2) is 0 Å². The number of carbonyl (C=O) groups excluding carboxylic acids is 1. The van der Waals surface area contributed by atoms with Crippen LogP contribution < -0.4 is 0 Å². The molecule has 50 valence electrons. The van der Waals surface area contributed by atoms with Gasteiger partial charge in [-0.15, -0.1) is 0 Å². The van der Waals surface area contributed by atoms with E-state index in [9.17, 15) is 4.79 Å². The summed E-state index contributed by atoms with van der Waals surface area (Å²) >= 11 is -0.222. The van der Waals surface area contributed by atoms with Gasteiger partial charge in [-0.2, -0.15) is 0 Å². The molecule has 0 aliphatic heterocycles. The van der Waals surface area contributed by atoms with Gasteiger partial charge in [0.25, 0.3) is 0 Å². The second-order valence-electron chi connectivity index (χ2n) is 1.36. The number of allylic oxidation sites excluding steroid dienone is 1. The molecular formula is C6H10OPt. The van der Waals surface area contributed by atoms with Crippen molar-refractivity contribution in [1.29, 1.82) is 0 Å². The molecule has 0 unspecified atom stereocenters. The molecule has 0 heterocycles. The molecule has 0 bridgehead atoms. The van der Waals surface area contributed by atoms with Gasteiger partial charge < -0.3 is 0 Å². The van der Waals surface area contributed by atoms with E-state index < -0.39 is 0 Å². The minimum absolute atomic E-state index is 0.222. The molecule has 0 spiro atoms. The zero-order chi connectivity index (χ0) is 6.57. The van der Waals surface area contributed by atoms with E-state index in [2.05, 4.69) is 6.58 Å². The molecule has 0 N–H and O–H groups in total. The van der Waals surface area contributed by atoms with Crippen LogP contribution in [0.3, 0.4) is 0 Å². The van der Waals surface area contributed by atoms with Crippen LogP contribution in [0.2, 0.25) is 4.81 Å². The quantitative estimate of drug-likeness (QED) is 0.723. The average molecular weight is 293 g/mol. The monoisotopic (exact) mass is 293 g/mol. The molecule has 0 rings (SSSR count). The molecule has 0 aromatic heterocycles. The summed E-state index contributed by atoms with van der Waals surface area (Å²) in [5.74, 6) is 0. The Morgan fingerprint density at radius 3 is 2.38 bits per heavy atom. The van der Waals surface area contributed by atoms with Crippen LogP contribution in [0, 0.1) is 0 Å². The summed E-state index contributed by atoms with van der Waals surface area (Å²) in [6, 6.07) is 0. The standard InChI is InChI=1S/C4H5O.C2H5.Pt/c1-4(2)3-5;1-2;/h1H2,2H3;1H2,2H3;. The van der Waals surface area contributed by atoms with Gasteiger partial charge in [-0.1, -0.05) is 0 Å². The topological polar surface area (TPSA) is 17.1 Å². The molecule has 1 nitrogen and oxygen atoms in total. The molecule has 0 saturated heterocycles. The van der Waals surface area contributed by atoms with E-state index in [1.54, 1.807) is 6.92 Å². The van der Waals surface area contributed by atoms with Gasteiger partial charge in [0.05, 0.1) is 0 Å². The number of hydrogen-bond acceptors (Lipinski definition) is 1. The first-order valence-corrected chi connectivity index (χ1v) is 5.14. The van der Waals surface area contributed by atoms with E-state index in [1.807, 2.05) is 6.92 Å². The number of carbonyl (C=O) groups is 1. The fourth-order valence-electron chi connectivity index (χ4n) is 0.197. The Kier molecular flexibility index (Phi) is 4.07. The van der Waals surface area contributed by atoms with E-state index in [4.69, 9.17) is 0 Å². The molecule has 0 aromatic carbocycles. The summed E-state index contributed by atoms with van der Waals surface area (Å²) in [5, 5.41) is 0. The van der Waals surface area contributed by atoms with Crippen LogP contribution in [0.5, 0.6) is 0 Å². The van der Waals surface area contributed by atoms with Gasteiger partial charge in [0, 0.05) is 0 Å². The van der Waals surface area contributed by atoms with Gasteiger partial charge in [-0.25, -0.2) is 0 Å². The van der Waals surface area contributed by atoms with Crippen LogP contribution in [0.15, 0.2) is 12.2 Å². The number of rotatable bonds is 3. The molecular weight excluding hydrogens is 283 g/mol. The zero-order valence-electron chi connectivity index (χ0n) is 5.14. The second kappa shape index (κ2) is 4.03. The maximum absolute atomic E-state index is 10.7. The molecule has 0 saturated carbocycles. The summed E-state index contributed by atoms with van der Waals surface area (Å²) in [6.07, 6.45) is 0. The molecule has 8 heavy (non-hydrogen) atoms. The van der Waals surface area contributed by atoms with Crippen LogP contribution in [-0.4, -0.2) is 4.17 Å². The van der Waals surface area contributed by atoms with Gasteiger partial charge >= 0.3 is 58.3 Å². The van der Waals surface area contributed by atoms with Crippen molar-refractivity contribution in [2.45, 2.75) is 18.7 Å². The van der Waals surface area contributed by atoms with Crippen molar-refractivity contribution in [2.75, 3.05) is 0 Å². The first-order chi connectivity index (χ1) is 3.68. The van der Waals surface area contributed by atoms with Gasteiger partial charge in [-0.05, 0) is 0 Å². The van der Waals surface area contributed by atoms with Gasteiger partial charge in [0.2, 0.25) is 0 Å². The SMILES string of the molecule is C=C(C)[C](=O)[Pt][CH2]C. The molecule has 0 atom stereocenters. The Morgan fingerprint density at radius 1 is 1.75 bits per heavy atom. The molecule has 0 aliphatic carbocycles. The molecule has 0 amide bonds. The Hall–Kier alpha value is 0.0983. The second-order valence-corrected chi connectivity index (χ2v) is 4.80. The fourth-order valence-corrected chi connectivity index (χ4v) is 1.61. The molecule has 2 heteroatoms. The van der Waals surface area contributed by atoms with Crippen molar-refractivity contribution >= 4 is 4.17 Å². The normalized spacial score (nSPS) is 9.25. The summed E-state index contributed by atoms with van der Waals surface area (Å²) in [6.45, 7) is 7.36.